The van der Waals surface area contributed by atoms with Gasteiger partial charge < -0.3 is 4.90 Å². The Morgan fingerprint density at radius 2 is 1.73 bits per heavy atom. The van der Waals surface area contributed by atoms with E-state index in [0.717, 1.165) is 41.1 Å². The summed E-state index contributed by atoms with van der Waals surface area (Å²) in [5.41, 5.74) is 5.92. The normalized spacial score (nSPS) is 16.5. The van der Waals surface area contributed by atoms with Crippen LogP contribution in [-0.2, 0) is 16.0 Å². The van der Waals surface area contributed by atoms with Crippen molar-refractivity contribution < 1.29 is 9.59 Å². The molecule has 0 atom stereocenters. The number of carbonyl (C=O) groups is 2. The number of rotatable bonds is 3. The minimum atomic E-state index is -0.243. The van der Waals surface area contributed by atoms with Gasteiger partial charge in [-0.05, 0) is 61.4 Å². The summed E-state index contributed by atoms with van der Waals surface area (Å²) < 4.78 is 0. The standard InChI is InChI=1S/C25H22N2O2S/c1-16-11-12-19(17(2)15-16)27-24(28)22(21-10-6-14-30-21)23(25(27)29)26-13-5-8-18-7-3-4-9-20(18)26/h3-4,6-7,9-12,14-15H,5,8,13H2,1-2H3. The third-order valence-corrected chi connectivity index (χ3v) is 6.69. The average molecular weight is 415 g/mol. The van der Waals surface area contributed by atoms with Crippen LogP contribution >= 0.6 is 11.3 Å². The number of anilines is 2. The zero-order valence-corrected chi connectivity index (χ0v) is 17.8. The second-order valence-corrected chi connectivity index (χ2v) is 8.77. The lowest BCUT2D eigenvalue weighted by Crippen LogP contribution is -2.37. The zero-order chi connectivity index (χ0) is 20.8. The fourth-order valence-electron chi connectivity index (χ4n) is 4.45. The Hall–Kier alpha value is -3.18. The topological polar surface area (TPSA) is 40.6 Å². The van der Waals surface area contributed by atoms with Crippen LogP contribution in [0.1, 0.15) is 28.0 Å². The summed E-state index contributed by atoms with van der Waals surface area (Å²) in [7, 11) is 0. The molecule has 0 bridgehead atoms. The highest BCUT2D eigenvalue weighted by Crippen LogP contribution is 2.41. The summed E-state index contributed by atoms with van der Waals surface area (Å²) in [6.07, 6.45) is 1.93. The maximum atomic E-state index is 13.8. The molecule has 5 rings (SSSR count). The van der Waals surface area contributed by atoms with Gasteiger partial charge in [-0.25, -0.2) is 4.90 Å². The third kappa shape index (κ3) is 2.89. The quantitative estimate of drug-likeness (QED) is 0.560. The molecule has 5 heteroatoms. The van der Waals surface area contributed by atoms with Gasteiger partial charge in [0.15, 0.2) is 0 Å². The number of hydrogen-bond acceptors (Lipinski definition) is 4. The van der Waals surface area contributed by atoms with Gasteiger partial charge in [-0.3, -0.25) is 9.59 Å². The molecular formula is C25H22N2O2S. The number of nitrogens with zero attached hydrogens (tertiary/aromatic N) is 2. The Morgan fingerprint density at radius 3 is 2.50 bits per heavy atom. The van der Waals surface area contributed by atoms with Crippen LogP contribution < -0.4 is 9.80 Å². The van der Waals surface area contributed by atoms with Gasteiger partial charge in [0.05, 0.1) is 11.3 Å². The van der Waals surface area contributed by atoms with E-state index in [1.807, 2.05) is 67.8 Å². The molecule has 3 aromatic rings. The van der Waals surface area contributed by atoms with Gasteiger partial charge in [-0.2, -0.15) is 0 Å². The van der Waals surface area contributed by atoms with Gasteiger partial charge in [-0.15, -0.1) is 11.3 Å². The van der Waals surface area contributed by atoms with Gasteiger partial charge in [0.25, 0.3) is 11.8 Å². The highest BCUT2D eigenvalue weighted by molar-refractivity contribution is 7.11. The Bertz CT molecular complexity index is 1190. The van der Waals surface area contributed by atoms with Crippen molar-refractivity contribution in [2.75, 3.05) is 16.3 Å². The molecule has 0 radical (unpaired) electrons. The minimum absolute atomic E-state index is 0.243. The van der Waals surface area contributed by atoms with Crippen molar-refractivity contribution in [2.45, 2.75) is 26.7 Å². The molecule has 30 heavy (non-hydrogen) atoms. The molecule has 3 heterocycles. The zero-order valence-electron chi connectivity index (χ0n) is 17.0. The van der Waals surface area contributed by atoms with Gasteiger partial charge in [0.1, 0.15) is 5.70 Å². The second-order valence-electron chi connectivity index (χ2n) is 7.82. The first kappa shape index (κ1) is 18.8. The van der Waals surface area contributed by atoms with Crippen LogP contribution in [0.2, 0.25) is 0 Å². The van der Waals surface area contributed by atoms with Crippen molar-refractivity contribution in [3.05, 3.63) is 87.2 Å². The van der Waals surface area contributed by atoms with Gasteiger partial charge in [0, 0.05) is 17.1 Å². The van der Waals surface area contributed by atoms with E-state index in [0.29, 0.717) is 17.0 Å². The van der Waals surface area contributed by atoms with Crippen molar-refractivity contribution in [3.63, 3.8) is 0 Å². The highest BCUT2D eigenvalue weighted by atomic mass is 32.1. The Labute approximate surface area is 180 Å². The van der Waals surface area contributed by atoms with Crippen molar-refractivity contribution in [2.24, 2.45) is 0 Å². The van der Waals surface area contributed by atoms with Crippen molar-refractivity contribution >= 4 is 40.1 Å². The molecule has 0 spiro atoms. The predicted molar refractivity (Wildman–Crippen MR) is 122 cm³/mol. The molecule has 0 saturated heterocycles. The number of imide groups is 1. The van der Waals surface area contributed by atoms with Crippen molar-refractivity contribution in [1.29, 1.82) is 0 Å². The van der Waals surface area contributed by atoms with E-state index >= 15 is 0 Å². The molecule has 2 aromatic carbocycles. The fourth-order valence-corrected chi connectivity index (χ4v) is 5.22. The van der Waals surface area contributed by atoms with E-state index in [-0.39, 0.29) is 11.8 Å². The van der Waals surface area contributed by atoms with Gasteiger partial charge >= 0.3 is 0 Å². The summed E-state index contributed by atoms with van der Waals surface area (Å²) in [5, 5.41) is 1.95. The molecule has 2 aliphatic heterocycles. The smallest absolute Gasteiger partial charge is 0.282 e. The Morgan fingerprint density at radius 1 is 0.900 bits per heavy atom. The van der Waals surface area contributed by atoms with Gasteiger partial charge in [-0.1, -0.05) is 42.0 Å². The molecule has 1 aromatic heterocycles. The number of thiophene rings is 1. The van der Waals surface area contributed by atoms with Crippen LogP contribution in [0.15, 0.2) is 65.7 Å². The largest absolute Gasteiger partial charge is 0.336 e. The predicted octanol–water partition coefficient (Wildman–Crippen LogP) is 5.10. The molecule has 2 amide bonds. The maximum absolute atomic E-state index is 13.8. The highest BCUT2D eigenvalue weighted by Gasteiger charge is 2.44. The molecule has 2 aliphatic rings. The maximum Gasteiger partial charge on any atom is 0.282 e. The number of benzene rings is 2. The molecule has 0 unspecified atom stereocenters. The minimum Gasteiger partial charge on any atom is -0.336 e. The van der Waals surface area contributed by atoms with E-state index in [4.69, 9.17) is 0 Å². The fraction of sp³-hybridized carbons (Fsp3) is 0.200. The lowest BCUT2D eigenvalue weighted by Gasteiger charge is -2.32. The van der Waals surface area contributed by atoms with E-state index in [2.05, 4.69) is 11.0 Å². The first-order valence-corrected chi connectivity index (χ1v) is 11.0. The number of fused-ring (bicyclic) bond motifs is 1. The van der Waals surface area contributed by atoms with Gasteiger partial charge in [0.2, 0.25) is 0 Å². The summed E-state index contributed by atoms with van der Waals surface area (Å²) >= 11 is 1.49. The van der Waals surface area contributed by atoms with Crippen LogP contribution in [0.5, 0.6) is 0 Å². The first-order valence-electron chi connectivity index (χ1n) is 10.2. The molecule has 0 saturated carbocycles. The number of amides is 2. The Kier molecular flexibility index (Phi) is 4.55. The number of aryl methyl sites for hydroxylation is 3. The van der Waals surface area contributed by atoms with Crippen LogP contribution in [0.3, 0.4) is 0 Å². The summed E-state index contributed by atoms with van der Waals surface area (Å²) in [4.78, 5) is 31.7. The summed E-state index contributed by atoms with van der Waals surface area (Å²) in [5.74, 6) is -0.487. The van der Waals surface area contributed by atoms with Crippen molar-refractivity contribution in [1.82, 2.24) is 0 Å². The number of hydrogen-bond donors (Lipinski definition) is 0. The van der Waals surface area contributed by atoms with Crippen LogP contribution in [0.4, 0.5) is 11.4 Å². The molecule has 0 N–H and O–H groups in total. The lowest BCUT2D eigenvalue weighted by molar-refractivity contribution is -0.120. The Balaban J connectivity index is 1.69. The number of carbonyl (C=O) groups excluding carboxylic acids is 2. The number of para-hydroxylation sites is 1. The van der Waals surface area contributed by atoms with Crippen LogP contribution in [0.25, 0.3) is 5.57 Å². The SMILES string of the molecule is Cc1ccc(N2C(=O)C(c3cccs3)=C(N3CCCc4ccccc43)C2=O)c(C)c1. The molecule has 150 valence electrons. The first-order chi connectivity index (χ1) is 14.6. The van der Waals surface area contributed by atoms with E-state index in [1.54, 1.807) is 0 Å². The lowest BCUT2D eigenvalue weighted by atomic mass is 10.00. The summed E-state index contributed by atoms with van der Waals surface area (Å²) in [6, 6.07) is 17.8. The molecular weight excluding hydrogens is 392 g/mol. The molecule has 4 nitrogen and oxygen atoms in total. The molecule has 0 fully saturated rings. The second kappa shape index (κ2) is 7.26. The van der Waals surface area contributed by atoms with E-state index in [9.17, 15) is 9.59 Å². The van der Waals surface area contributed by atoms with Crippen molar-refractivity contribution in [3.8, 4) is 0 Å². The van der Waals surface area contributed by atoms with E-state index < -0.39 is 0 Å². The summed E-state index contributed by atoms with van der Waals surface area (Å²) in [6.45, 7) is 4.68. The molecule has 0 aliphatic carbocycles. The van der Waals surface area contributed by atoms with Crippen LogP contribution in [-0.4, -0.2) is 18.4 Å². The monoisotopic (exact) mass is 414 g/mol. The van der Waals surface area contributed by atoms with E-state index in [1.165, 1.54) is 21.8 Å². The van der Waals surface area contributed by atoms with Crippen LogP contribution in [0, 0.1) is 13.8 Å². The third-order valence-electron chi connectivity index (χ3n) is 5.80. The average Bonchev–Trinajstić information content (AvgIpc) is 3.35.